The number of amides is 2. The first-order chi connectivity index (χ1) is 16.9. The Morgan fingerprint density at radius 2 is 2.09 bits per heavy atom. The number of likely N-dealkylation sites (tertiary alicyclic amines) is 1. The Kier molecular flexibility index (Phi) is 8.53. The van der Waals surface area contributed by atoms with E-state index >= 15 is 0 Å². The van der Waals surface area contributed by atoms with Crippen LogP contribution in [0, 0.1) is 11.8 Å². The van der Waals surface area contributed by atoms with Crippen molar-refractivity contribution in [1.29, 1.82) is 0 Å². The number of alkyl halides is 1. The van der Waals surface area contributed by atoms with Gasteiger partial charge in [0.25, 0.3) is 0 Å². The molecule has 1 spiro atoms. The largest absolute Gasteiger partial charge is 0.466 e. The third-order valence-electron chi connectivity index (χ3n) is 7.59. The van der Waals surface area contributed by atoms with Gasteiger partial charge in [-0.15, -0.1) is 6.58 Å². The predicted molar refractivity (Wildman–Crippen MR) is 130 cm³/mol. The van der Waals surface area contributed by atoms with Crippen LogP contribution in [0.1, 0.15) is 19.8 Å². The minimum absolute atomic E-state index is 0.110. The van der Waals surface area contributed by atoms with Gasteiger partial charge in [0.1, 0.15) is 11.6 Å². The Morgan fingerprint density at radius 1 is 1.34 bits per heavy atom. The van der Waals surface area contributed by atoms with Crippen molar-refractivity contribution < 1.29 is 33.7 Å². The Bertz CT molecular complexity index is 823. The second kappa shape index (κ2) is 11.2. The lowest BCUT2D eigenvalue weighted by molar-refractivity contribution is -0.154. The normalized spacial score (nSPS) is 34.2. The summed E-state index contributed by atoms with van der Waals surface area (Å²) in [5.74, 6) is -2.50. The van der Waals surface area contributed by atoms with Crippen LogP contribution in [0.25, 0.3) is 0 Å². The predicted octanol–water partition coefficient (Wildman–Crippen LogP) is 0.0267. The number of hydrogen-bond acceptors (Lipinski definition) is 8. The fourth-order valence-electron chi connectivity index (χ4n) is 6.11. The van der Waals surface area contributed by atoms with Gasteiger partial charge in [0.05, 0.1) is 37.8 Å². The van der Waals surface area contributed by atoms with E-state index in [0.29, 0.717) is 45.7 Å². The zero-order valence-electron chi connectivity index (χ0n) is 20.3. The molecule has 11 heteroatoms. The van der Waals surface area contributed by atoms with Gasteiger partial charge in [-0.25, -0.2) is 0 Å². The van der Waals surface area contributed by atoms with Crippen molar-refractivity contribution in [1.82, 2.24) is 14.7 Å². The standard InChI is InChI=1S/C24H36BrN3O7/c1-3-6-27(9-8-26-10-13-33-14-11-26)22(31)20-24-15-16(25)19(35-24)17(23(32)34-4-2)18(24)21(30)28(20)7-5-12-29/h3,16-20,29H,1,4-15H2,2H3/t16?,17-,18-,19-,20?,24?/m0/s1. The summed E-state index contributed by atoms with van der Waals surface area (Å²) in [5, 5.41) is 9.47. The number of carbonyl (C=O) groups excluding carboxylic acids is 3. The summed E-state index contributed by atoms with van der Waals surface area (Å²) in [6, 6.07) is -0.874. The molecule has 0 saturated carbocycles. The molecule has 4 heterocycles. The molecule has 1 N–H and O–H groups in total. The number of halogens is 1. The second-order valence-electron chi connectivity index (χ2n) is 9.55. The highest BCUT2D eigenvalue weighted by molar-refractivity contribution is 9.09. The Morgan fingerprint density at radius 3 is 2.74 bits per heavy atom. The summed E-state index contributed by atoms with van der Waals surface area (Å²) in [6.45, 7) is 10.3. The molecule has 4 saturated heterocycles. The van der Waals surface area contributed by atoms with E-state index in [1.165, 1.54) is 4.90 Å². The monoisotopic (exact) mass is 557 g/mol. The smallest absolute Gasteiger partial charge is 0.312 e. The van der Waals surface area contributed by atoms with E-state index in [2.05, 4.69) is 27.4 Å². The molecule has 196 valence electrons. The maximum atomic E-state index is 14.1. The van der Waals surface area contributed by atoms with Crippen molar-refractivity contribution in [3.05, 3.63) is 12.7 Å². The van der Waals surface area contributed by atoms with Crippen LogP contribution in [0.15, 0.2) is 12.7 Å². The summed E-state index contributed by atoms with van der Waals surface area (Å²) < 4.78 is 17.2. The van der Waals surface area contributed by atoms with Crippen LogP contribution in [0.3, 0.4) is 0 Å². The van der Waals surface area contributed by atoms with Crippen molar-refractivity contribution in [2.45, 2.75) is 42.3 Å². The maximum absolute atomic E-state index is 14.1. The summed E-state index contributed by atoms with van der Waals surface area (Å²) in [6.07, 6.45) is 1.93. The molecular formula is C24H36BrN3O7. The van der Waals surface area contributed by atoms with E-state index in [1.807, 2.05) is 0 Å². The molecule has 10 nitrogen and oxygen atoms in total. The molecule has 0 aromatic carbocycles. The molecule has 4 rings (SSSR count). The number of rotatable bonds is 11. The summed E-state index contributed by atoms with van der Waals surface area (Å²) in [5.41, 5.74) is -1.11. The molecule has 6 atom stereocenters. The average Bonchev–Trinajstić information content (AvgIpc) is 3.44. The van der Waals surface area contributed by atoms with E-state index in [-0.39, 0.29) is 36.4 Å². The van der Waals surface area contributed by atoms with Gasteiger partial charge in [-0.1, -0.05) is 22.0 Å². The minimum Gasteiger partial charge on any atom is -0.466 e. The highest BCUT2D eigenvalue weighted by Crippen LogP contribution is 2.60. The molecule has 0 aliphatic carbocycles. The third kappa shape index (κ3) is 4.77. The highest BCUT2D eigenvalue weighted by atomic mass is 79.9. The first-order valence-electron chi connectivity index (χ1n) is 12.5. The van der Waals surface area contributed by atoms with Crippen LogP contribution in [-0.4, -0.2) is 126 Å². The van der Waals surface area contributed by atoms with Crippen LogP contribution in [0.5, 0.6) is 0 Å². The number of morpholine rings is 1. The van der Waals surface area contributed by atoms with Gasteiger partial charge in [-0.05, 0) is 19.8 Å². The third-order valence-corrected chi connectivity index (χ3v) is 8.43. The molecule has 2 bridgehead atoms. The molecule has 4 aliphatic rings. The van der Waals surface area contributed by atoms with E-state index in [9.17, 15) is 19.5 Å². The number of aliphatic hydroxyl groups excluding tert-OH is 1. The molecule has 0 aromatic rings. The van der Waals surface area contributed by atoms with Crippen molar-refractivity contribution in [3.63, 3.8) is 0 Å². The number of esters is 1. The fraction of sp³-hybridized carbons (Fsp3) is 0.792. The number of carbonyl (C=O) groups is 3. The van der Waals surface area contributed by atoms with Crippen LogP contribution >= 0.6 is 15.9 Å². The van der Waals surface area contributed by atoms with E-state index in [1.54, 1.807) is 17.9 Å². The lowest BCUT2D eigenvalue weighted by Crippen LogP contribution is -2.57. The number of fused-ring (bicyclic) bond motifs is 1. The highest BCUT2D eigenvalue weighted by Gasteiger charge is 2.77. The fourth-order valence-corrected chi connectivity index (χ4v) is 7.05. The van der Waals surface area contributed by atoms with Gasteiger partial charge in [0, 0.05) is 50.7 Å². The SMILES string of the molecule is C=CCN(CCN1CCOCC1)C(=O)C1N(CCCO)C(=O)[C@@H]2[C@H](C(=O)OCC)[C@H]3OC12CC3Br. The van der Waals surface area contributed by atoms with Crippen molar-refractivity contribution in [2.24, 2.45) is 11.8 Å². The van der Waals surface area contributed by atoms with Crippen LogP contribution in [0.2, 0.25) is 0 Å². The summed E-state index contributed by atoms with van der Waals surface area (Å²) in [7, 11) is 0. The molecule has 35 heavy (non-hydrogen) atoms. The van der Waals surface area contributed by atoms with Crippen molar-refractivity contribution in [3.8, 4) is 0 Å². The van der Waals surface area contributed by atoms with Crippen LogP contribution < -0.4 is 0 Å². The maximum Gasteiger partial charge on any atom is 0.312 e. The van der Waals surface area contributed by atoms with Gasteiger partial charge >= 0.3 is 5.97 Å². The lowest BCUT2D eigenvalue weighted by Gasteiger charge is -2.37. The van der Waals surface area contributed by atoms with Gasteiger partial charge in [0.2, 0.25) is 11.8 Å². The van der Waals surface area contributed by atoms with Crippen LogP contribution in [-0.2, 0) is 28.6 Å². The van der Waals surface area contributed by atoms with Gasteiger partial charge in [-0.2, -0.15) is 0 Å². The first-order valence-corrected chi connectivity index (χ1v) is 13.4. The van der Waals surface area contributed by atoms with Gasteiger partial charge < -0.3 is 29.1 Å². The second-order valence-corrected chi connectivity index (χ2v) is 10.7. The number of aliphatic hydroxyl groups is 1. The van der Waals surface area contributed by atoms with Crippen molar-refractivity contribution in [2.75, 3.05) is 65.7 Å². The summed E-state index contributed by atoms with van der Waals surface area (Å²) >= 11 is 3.64. The Labute approximate surface area is 214 Å². The lowest BCUT2D eigenvalue weighted by atomic mass is 9.70. The molecule has 3 unspecified atom stereocenters. The van der Waals surface area contributed by atoms with E-state index in [0.717, 1.165) is 13.1 Å². The molecular weight excluding hydrogens is 522 g/mol. The minimum atomic E-state index is -1.11. The van der Waals surface area contributed by atoms with Crippen LogP contribution in [0.4, 0.5) is 0 Å². The number of ether oxygens (including phenoxy) is 3. The average molecular weight is 558 g/mol. The Balaban J connectivity index is 1.63. The number of hydrogen-bond donors (Lipinski definition) is 1. The van der Waals surface area contributed by atoms with Gasteiger partial charge in [0.15, 0.2) is 0 Å². The van der Waals surface area contributed by atoms with Crippen molar-refractivity contribution >= 4 is 33.7 Å². The zero-order valence-corrected chi connectivity index (χ0v) is 21.9. The molecule has 4 aliphatic heterocycles. The number of nitrogens with zero attached hydrogens (tertiary/aromatic N) is 3. The van der Waals surface area contributed by atoms with E-state index in [4.69, 9.17) is 14.2 Å². The zero-order chi connectivity index (χ0) is 25.2. The Hall–Kier alpha value is -1.53. The first kappa shape index (κ1) is 26.5. The summed E-state index contributed by atoms with van der Waals surface area (Å²) in [4.78, 5) is 46.1. The molecule has 4 fully saturated rings. The topological polar surface area (TPSA) is 109 Å². The molecule has 2 amide bonds. The van der Waals surface area contributed by atoms with E-state index < -0.39 is 35.6 Å². The molecule has 0 aromatic heterocycles. The quantitative estimate of drug-likeness (QED) is 0.215. The van der Waals surface area contributed by atoms with Gasteiger partial charge in [-0.3, -0.25) is 19.3 Å². The molecule has 0 radical (unpaired) electrons.